The summed E-state index contributed by atoms with van der Waals surface area (Å²) >= 11 is 12.1. The first-order chi connectivity index (χ1) is 8.97. The standard InChI is InChI=1S/C13H8ClFINOS/c14-9-6-8(16)2-4-11(9)17-13(18)7-1-3-10(15)12(19)5-7/h1-6,19H,(H,17,18). The Labute approximate surface area is 133 Å². The number of amides is 1. The second kappa shape index (κ2) is 6.11. The molecule has 0 saturated heterocycles. The van der Waals surface area contributed by atoms with Crippen LogP contribution in [-0.2, 0) is 0 Å². The minimum Gasteiger partial charge on any atom is -0.321 e. The molecule has 6 heteroatoms. The van der Waals surface area contributed by atoms with Crippen LogP contribution in [0, 0.1) is 9.39 Å². The van der Waals surface area contributed by atoms with E-state index >= 15 is 0 Å². The fourth-order valence-electron chi connectivity index (χ4n) is 1.44. The van der Waals surface area contributed by atoms with Gasteiger partial charge in [0.2, 0.25) is 0 Å². The number of carbonyl (C=O) groups excluding carboxylic acids is 1. The molecule has 1 amide bonds. The smallest absolute Gasteiger partial charge is 0.255 e. The van der Waals surface area contributed by atoms with Crippen LogP contribution in [0.4, 0.5) is 10.1 Å². The number of hydrogen-bond acceptors (Lipinski definition) is 2. The molecule has 19 heavy (non-hydrogen) atoms. The third-order valence-corrected chi connectivity index (χ3v) is 3.71. The van der Waals surface area contributed by atoms with Gasteiger partial charge in [-0.2, -0.15) is 0 Å². The second-order valence-electron chi connectivity index (χ2n) is 3.74. The van der Waals surface area contributed by atoms with Gasteiger partial charge < -0.3 is 5.32 Å². The van der Waals surface area contributed by atoms with Crippen LogP contribution in [0.25, 0.3) is 0 Å². The molecule has 2 rings (SSSR count). The Kier molecular flexibility index (Phi) is 4.70. The van der Waals surface area contributed by atoms with Crippen molar-refractivity contribution < 1.29 is 9.18 Å². The molecule has 0 unspecified atom stereocenters. The number of nitrogens with one attached hydrogen (secondary N) is 1. The summed E-state index contributed by atoms with van der Waals surface area (Å²) < 4.78 is 14.0. The summed E-state index contributed by atoms with van der Waals surface area (Å²) in [5, 5.41) is 3.12. The van der Waals surface area contributed by atoms with Crippen molar-refractivity contribution in [2.45, 2.75) is 4.90 Å². The van der Waals surface area contributed by atoms with Gasteiger partial charge in [-0.15, -0.1) is 12.6 Å². The molecule has 0 heterocycles. The zero-order valence-corrected chi connectivity index (χ0v) is 13.3. The first-order valence-electron chi connectivity index (χ1n) is 5.22. The molecule has 2 nitrogen and oxygen atoms in total. The predicted octanol–water partition coefficient (Wildman–Crippen LogP) is 4.62. The van der Waals surface area contributed by atoms with E-state index in [9.17, 15) is 9.18 Å². The van der Waals surface area contributed by atoms with E-state index in [-0.39, 0.29) is 10.8 Å². The summed E-state index contributed by atoms with van der Waals surface area (Å²) in [6.07, 6.45) is 0. The van der Waals surface area contributed by atoms with Crippen molar-refractivity contribution in [3.63, 3.8) is 0 Å². The van der Waals surface area contributed by atoms with Crippen LogP contribution in [0.1, 0.15) is 10.4 Å². The molecule has 0 bridgehead atoms. The Morgan fingerprint density at radius 2 is 2.00 bits per heavy atom. The minimum absolute atomic E-state index is 0.126. The van der Waals surface area contributed by atoms with E-state index in [1.54, 1.807) is 12.1 Å². The van der Waals surface area contributed by atoms with Gasteiger partial charge in [-0.3, -0.25) is 4.79 Å². The summed E-state index contributed by atoms with van der Waals surface area (Å²) in [7, 11) is 0. The fourth-order valence-corrected chi connectivity index (χ4v) is 2.56. The maximum absolute atomic E-state index is 13.1. The van der Waals surface area contributed by atoms with Gasteiger partial charge in [0.25, 0.3) is 5.91 Å². The predicted molar refractivity (Wildman–Crippen MR) is 85.8 cm³/mol. The van der Waals surface area contributed by atoms with Crippen molar-refractivity contribution in [1.29, 1.82) is 0 Å². The van der Waals surface area contributed by atoms with Crippen LogP contribution in [0.3, 0.4) is 0 Å². The number of halogens is 3. The zero-order chi connectivity index (χ0) is 14.0. The lowest BCUT2D eigenvalue weighted by Gasteiger charge is -2.08. The maximum Gasteiger partial charge on any atom is 0.255 e. The third-order valence-electron chi connectivity index (χ3n) is 2.39. The minimum atomic E-state index is -0.466. The van der Waals surface area contributed by atoms with Crippen LogP contribution in [0.2, 0.25) is 5.02 Å². The Bertz CT molecular complexity index is 651. The van der Waals surface area contributed by atoms with Crippen LogP contribution >= 0.6 is 46.8 Å². The molecule has 2 aromatic rings. The van der Waals surface area contributed by atoms with Crippen molar-refractivity contribution in [2.75, 3.05) is 5.32 Å². The van der Waals surface area contributed by atoms with Crippen LogP contribution in [-0.4, -0.2) is 5.91 Å². The highest BCUT2D eigenvalue weighted by Gasteiger charge is 2.10. The van der Waals surface area contributed by atoms with Gasteiger partial charge >= 0.3 is 0 Å². The number of rotatable bonds is 2. The van der Waals surface area contributed by atoms with E-state index in [1.165, 1.54) is 18.2 Å². The molecule has 98 valence electrons. The van der Waals surface area contributed by atoms with Gasteiger partial charge in [-0.25, -0.2) is 4.39 Å². The largest absolute Gasteiger partial charge is 0.321 e. The highest BCUT2D eigenvalue weighted by Crippen LogP contribution is 2.24. The van der Waals surface area contributed by atoms with Crippen molar-refractivity contribution in [3.05, 3.63) is 56.4 Å². The summed E-state index contributed by atoms with van der Waals surface area (Å²) in [6.45, 7) is 0. The molecule has 0 fully saturated rings. The Hall–Kier alpha value is -0.790. The van der Waals surface area contributed by atoms with E-state index in [4.69, 9.17) is 11.6 Å². The first kappa shape index (κ1) is 14.6. The Balaban J connectivity index is 2.23. The summed E-state index contributed by atoms with van der Waals surface area (Å²) in [5.41, 5.74) is 0.832. The lowest BCUT2D eigenvalue weighted by Crippen LogP contribution is -2.12. The van der Waals surface area contributed by atoms with Gasteiger partial charge in [0.15, 0.2) is 0 Å². The quantitative estimate of drug-likeness (QED) is 0.552. The molecule has 1 N–H and O–H groups in total. The van der Waals surface area contributed by atoms with Crippen LogP contribution in [0.5, 0.6) is 0 Å². The molecule has 0 spiro atoms. The third kappa shape index (κ3) is 3.61. The highest BCUT2D eigenvalue weighted by atomic mass is 127. The zero-order valence-electron chi connectivity index (χ0n) is 9.45. The molecular formula is C13H8ClFINOS. The molecule has 0 radical (unpaired) electrons. The number of thiol groups is 1. The van der Waals surface area contributed by atoms with Crippen molar-refractivity contribution in [2.24, 2.45) is 0 Å². The van der Waals surface area contributed by atoms with Gasteiger partial charge in [0, 0.05) is 14.0 Å². The molecule has 2 aromatic carbocycles. The van der Waals surface area contributed by atoms with Crippen molar-refractivity contribution >= 4 is 58.4 Å². The SMILES string of the molecule is O=C(Nc1ccc(I)cc1Cl)c1ccc(F)c(S)c1. The van der Waals surface area contributed by atoms with Gasteiger partial charge in [-0.1, -0.05) is 11.6 Å². The van der Waals surface area contributed by atoms with Crippen molar-refractivity contribution in [3.8, 4) is 0 Å². The van der Waals surface area contributed by atoms with E-state index in [2.05, 4.69) is 40.5 Å². The number of hydrogen-bond donors (Lipinski definition) is 2. The summed E-state index contributed by atoms with van der Waals surface area (Å²) in [6, 6.07) is 9.25. The van der Waals surface area contributed by atoms with E-state index in [1.807, 2.05) is 6.07 Å². The van der Waals surface area contributed by atoms with Crippen LogP contribution in [0.15, 0.2) is 41.3 Å². The number of carbonyl (C=O) groups is 1. The maximum atomic E-state index is 13.1. The molecule has 0 aromatic heterocycles. The van der Waals surface area contributed by atoms with Gasteiger partial charge in [0.05, 0.1) is 10.7 Å². The second-order valence-corrected chi connectivity index (χ2v) is 5.88. The first-order valence-corrected chi connectivity index (χ1v) is 7.12. The summed E-state index contributed by atoms with van der Waals surface area (Å²) in [5.74, 6) is -0.828. The molecule has 0 saturated carbocycles. The van der Waals surface area contributed by atoms with E-state index in [0.29, 0.717) is 16.3 Å². The van der Waals surface area contributed by atoms with Crippen LogP contribution < -0.4 is 5.32 Å². The molecule has 0 aliphatic heterocycles. The monoisotopic (exact) mass is 407 g/mol. The molecule has 0 aliphatic carbocycles. The van der Waals surface area contributed by atoms with Gasteiger partial charge in [-0.05, 0) is 59.0 Å². The normalized spacial score (nSPS) is 10.3. The lowest BCUT2D eigenvalue weighted by molar-refractivity contribution is 0.102. The average molecular weight is 408 g/mol. The number of benzene rings is 2. The Morgan fingerprint density at radius 3 is 2.63 bits per heavy atom. The average Bonchev–Trinajstić information content (AvgIpc) is 2.36. The van der Waals surface area contributed by atoms with E-state index in [0.717, 1.165) is 3.57 Å². The summed E-state index contributed by atoms with van der Waals surface area (Å²) in [4.78, 5) is 12.1. The Morgan fingerprint density at radius 1 is 1.26 bits per heavy atom. The highest BCUT2D eigenvalue weighted by molar-refractivity contribution is 14.1. The fraction of sp³-hybridized carbons (Fsp3) is 0. The molecular weight excluding hydrogens is 400 g/mol. The lowest BCUT2D eigenvalue weighted by atomic mass is 10.2. The molecule has 0 atom stereocenters. The van der Waals surface area contributed by atoms with E-state index < -0.39 is 5.82 Å². The van der Waals surface area contributed by atoms with Crippen molar-refractivity contribution in [1.82, 2.24) is 0 Å². The number of anilines is 1. The van der Waals surface area contributed by atoms with Gasteiger partial charge in [0.1, 0.15) is 5.82 Å². The molecule has 0 aliphatic rings. The topological polar surface area (TPSA) is 29.1 Å².